The Morgan fingerprint density at radius 2 is 1.86 bits per heavy atom. The molecule has 1 N–H and O–H groups in total. The van der Waals surface area contributed by atoms with Crippen molar-refractivity contribution in [2.75, 3.05) is 12.4 Å². The van der Waals surface area contributed by atoms with Crippen LogP contribution in [-0.4, -0.2) is 27.2 Å². The quantitative estimate of drug-likeness (QED) is 0.494. The SMILES string of the molecule is COc1ccc(Nc2c(-c3nc(C4CC4)no3)cnc3nc(C)ccc23)cc1.Cl. The zero-order valence-corrected chi connectivity index (χ0v) is 16.9. The number of rotatable bonds is 5. The lowest BCUT2D eigenvalue weighted by atomic mass is 10.1. The summed E-state index contributed by atoms with van der Waals surface area (Å²) in [5.41, 5.74) is 4.10. The highest BCUT2D eigenvalue weighted by molar-refractivity contribution is 5.98. The predicted octanol–water partition coefficient (Wildman–Crippen LogP) is 5.04. The predicted molar refractivity (Wildman–Crippen MR) is 113 cm³/mol. The van der Waals surface area contributed by atoms with E-state index in [1.165, 1.54) is 0 Å². The van der Waals surface area contributed by atoms with Gasteiger partial charge < -0.3 is 14.6 Å². The van der Waals surface area contributed by atoms with Crippen LogP contribution in [0.25, 0.3) is 22.5 Å². The molecule has 0 saturated heterocycles. The van der Waals surface area contributed by atoms with E-state index in [0.29, 0.717) is 17.5 Å². The van der Waals surface area contributed by atoms with Crippen molar-refractivity contribution in [2.45, 2.75) is 25.7 Å². The molecular formula is C21H20ClN5O2. The van der Waals surface area contributed by atoms with Gasteiger partial charge in [-0.2, -0.15) is 4.98 Å². The van der Waals surface area contributed by atoms with E-state index >= 15 is 0 Å². The molecule has 3 heterocycles. The second kappa shape index (κ2) is 7.67. The maximum Gasteiger partial charge on any atom is 0.261 e. The van der Waals surface area contributed by atoms with Crippen LogP contribution in [0.15, 0.2) is 47.1 Å². The van der Waals surface area contributed by atoms with Gasteiger partial charge in [-0.3, -0.25) is 0 Å². The van der Waals surface area contributed by atoms with Crippen molar-refractivity contribution < 1.29 is 9.26 Å². The van der Waals surface area contributed by atoms with Crippen molar-refractivity contribution >= 4 is 34.8 Å². The van der Waals surface area contributed by atoms with Crippen molar-refractivity contribution in [1.82, 2.24) is 20.1 Å². The maximum atomic E-state index is 5.56. The number of aromatic nitrogens is 4. The third kappa shape index (κ3) is 3.73. The number of methoxy groups -OCH3 is 1. The third-order valence-electron chi connectivity index (χ3n) is 4.84. The van der Waals surface area contributed by atoms with Crippen LogP contribution in [0.4, 0.5) is 11.4 Å². The first-order valence-corrected chi connectivity index (χ1v) is 9.22. The van der Waals surface area contributed by atoms with Crippen molar-refractivity contribution in [2.24, 2.45) is 0 Å². The number of pyridine rings is 2. The number of ether oxygens (including phenoxy) is 1. The normalized spacial score (nSPS) is 13.2. The summed E-state index contributed by atoms with van der Waals surface area (Å²) in [7, 11) is 1.65. The minimum absolute atomic E-state index is 0. The van der Waals surface area contributed by atoms with Crippen LogP contribution < -0.4 is 10.1 Å². The van der Waals surface area contributed by atoms with Gasteiger partial charge in [-0.1, -0.05) is 5.16 Å². The maximum absolute atomic E-state index is 5.56. The molecule has 1 aliphatic carbocycles. The van der Waals surface area contributed by atoms with Crippen LogP contribution in [0.2, 0.25) is 0 Å². The minimum Gasteiger partial charge on any atom is -0.497 e. The second-order valence-corrected chi connectivity index (χ2v) is 6.96. The monoisotopic (exact) mass is 409 g/mol. The number of benzene rings is 1. The first kappa shape index (κ1) is 19.1. The van der Waals surface area contributed by atoms with Crippen LogP contribution in [0.3, 0.4) is 0 Å². The van der Waals surface area contributed by atoms with Crippen LogP contribution in [-0.2, 0) is 0 Å². The topological polar surface area (TPSA) is 86.0 Å². The third-order valence-corrected chi connectivity index (χ3v) is 4.84. The van der Waals surface area contributed by atoms with Crippen molar-refractivity contribution in [3.05, 3.63) is 54.1 Å². The van der Waals surface area contributed by atoms with E-state index in [1.807, 2.05) is 43.3 Å². The van der Waals surface area contributed by atoms with Crippen LogP contribution in [0.5, 0.6) is 5.75 Å². The molecule has 8 heteroatoms. The summed E-state index contributed by atoms with van der Waals surface area (Å²) in [4.78, 5) is 13.7. The lowest BCUT2D eigenvalue weighted by Crippen LogP contribution is -1.98. The Morgan fingerprint density at radius 1 is 1.07 bits per heavy atom. The first-order chi connectivity index (χ1) is 13.7. The average Bonchev–Trinajstić information content (AvgIpc) is 3.46. The van der Waals surface area contributed by atoms with Crippen LogP contribution in [0.1, 0.15) is 30.3 Å². The summed E-state index contributed by atoms with van der Waals surface area (Å²) >= 11 is 0. The lowest BCUT2D eigenvalue weighted by molar-refractivity contribution is 0.415. The van der Waals surface area contributed by atoms with Gasteiger partial charge in [0.25, 0.3) is 5.89 Å². The summed E-state index contributed by atoms with van der Waals surface area (Å²) in [6.45, 7) is 1.95. The van der Waals surface area contributed by atoms with Gasteiger partial charge in [-0.05, 0) is 56.2 Å². The highest BCUT2D eigenvalue weighted by Gasteiger charge is 2.29. The molecule has 7 nitrogen and oxygen atoms in total. The molecule has 1 aliphatic rings. The van der Waals surface area contributed by atoms with E-state index in [4.69, 9.17) is 9.26 Å². The van der Waals surface area contributed by atoms with Gasteiger partial charge in [0.1, 0.15) is 5.75 Å². The fourth-order valence-electron chi connectivity index (χ4n) is 3.14. The molecule has 5 rings (SSSR count). The fourth-order valence-corrected chi connectivity index (χ4v) is 3.14. The molecule has 0 radical (unpaired) electrons. The van der Waals surface area contributed by atoms with Gasteiger partial charge in [-0.25, -0.2) is 9.97 Å². The number of fused-ring (bicyclic) bond motifs is 1. The molecule has 3 aromatic heterocycles. The molecule has 0 bridgehead atoms. The first-order valence-electron chi connectivity index (χ1n) is 9.22. The molecule has 0 atom stereocenters. The number of nitrogens with zero attached hydrogens (tertiary/aromatic N) is 4. The van der Waals surface area contributed by atoms with E-state index in [2.05, 4.69) is 25.4 Å². The lowest BCUT2D eigenvalue weighted by Gasteiger charge is -2.13. The van der Waals surface area contributed by atoms with Gasteiger partial charge in [0, 0.05) is 28.9 Å². The summed E-state index contributed by atoms with van der Waals surface area (Å²) in [6, 6.07) is 11.7. The number of aryl methyl sites for hydroxylation is 1. The molecule has 0 spiro atoms. The fraction of sp³-hybridized carbons (Fsp3) is 0.238. The van der Waals surface area contributed by atoms with Gasteiger partial charge in [0.15, 0.2) is 11.5 Å². The zero-order chi connectivity index (χ0) is 19.1. The standard InChI is InChI=1S/C21H19N5O2.ClH/c1-12-3-10-16-18(24-14-6-8-15(27-2)9-7-14)17(11-22-20(16)23-12)21-25-19(26-28-21)13-4-5-13;/h3,6-11,13H,4-5H2,1-2H3,(H,22,23,24);1H. The Bertz CT molecular complexity index is 1160. The highest BCUT2D eigenvalue weighted by Crippen LogP contribution is 2.40. The number of hydrogen-bond acceptors (Lipinski definition) is 7. The van der Waals surface area contributed by atoms with Gasteiger partial charge >= 0.3 is 0 Å². The second-order valence-electron chi connectivity index (χ2n) is 6.96. The van der Waals surface area contributed by atoms with E-state index in [9.17, 15) is 0 Å². The van der Waals surface area contributed by atoms with Crippen LogP contribution in [0, 0.1) is 6.92 Å². The number of nitrogens with one attached hydrogen (secondary N) is 1. The number of hydrogen-bond donors (Lipinski definition) is 1. The van der Waals surface area contributed by atoms with Crippen molar-refractivity contribution in [3.63, 3.8) is 0 Å². The highest BCUT2D eigenvalue weighted by atomic mass is 35.5. The molecule has 4 aromatic rings. The molecule has 1 fully saturated rings. The minimum atomic E-state index is 0. The summed E-state index contributed by atoms with van der Waals surface area (Å²) in [5.74, 6) is 2.46. The summed E-state index contributed by atoms with van der Waals surface area (Å²) in [5, 5.41) is 8.51. The number of anilines is 2. The number of halogens is 1. The van der Waals surface area contributed by atoms with Gasteiger partial charge in [0.05, 0.1) is 18.4 Å². The zero-order valence-electron chi connectivity index (χ0n) is 16.0. The van der Waals surface area contributed by atoms with Crippen molar-refractivity contribution in [1.29, 1.82) is 0 Å². The molecule has 0 unspecified atom stereocenters. The van der Waals surface area contributed by atoms with Crippen molar-refractivity contribution in [3.8, 4) is 17.2 Å². The molecule has 1 aromatic carbocycles. The Labute approximate surface area is 173 Å². The average molecular weight is 410 g/mol. The molecule has 0 aliphatic heterocycles. The summed E-state index contributed by atoms with van der Waals surface area (Å²) in [6.07, 6.45) is 3.98. The summed E-state index contributed by atoms with van der Waals surface area (Å²) < 4.78 is 10.8. The molecular weight excluding hydrogens is 390 g/mol. The van der Waals surface area contributed by atoms with Crippen LogP contribution >= 0.6 is 12.4 Å². The Hall–Kier alpha value is -3.19. The van der Waals surface area contributed by atoms with E-state index in [1.54, 1.807) is 13.3 Å². The Kier molecular flexibility index (Phi) is 5.07. The van der Waals surface area contributed by atoms with E-state index in [0.717, 1.165) is 52.4 Å². The Balaban J connectivity index is 0.00000205. The van der Waals surface area contributed by atoms with Gasteiger partial charge in [-0.15, -0.1) is 12.4 Å². The van der Waals surface area contributed by atoms with E-state index in [-0.39, 0.29) is 12.4 Å². The smallest absolute Gasteiger partial charge is 0.261 e. The molecule has 148 valence electrons. The molecule has 1 saturated carbocycles. The largest absolute Gasteiger partial charge is 0.497 e. The molecule has 0 amide bonds. The van der Waals surface area contributed by atoms with E-state index < -0.39 is 0 Å². The van der Waals surface area contributed by atoms with Gasteiger partial charge in [0.2, 0.25) is 0 Å². The Morgan fingerprint density at radius 3 is 2.59 bits per heavy atom. The molecule has 29 heavy (non-hydrogen) atoms.